The number of benzene rings is 1. The molecule has 110 valence electrons. The zero-order chi connectivity index (χ0) is 15.0. The molecular weight excluding hydrogens is 334 g/mol. The second-order valence-corrected chi connectivity index (χ2v) is 5.86. The molecule has 0 saturated carbocycles. The molecule has 0 aliphatic heterocycles. The standard InChI is InChI=1S/C15H16BrN3O2/c1-19-15(20)14(16)12(8-17-19)18-11-7-6-10-9(11)4-3-5-13(10)21-2/h3-5,8,11,18H,6-7H2,1-2H3. The summed E-state index contributed by atoms with van der Waals surface area (Å²) in [5.74, 6) is 0.929. The smallest absolute Gasteiger partial charge is 0.282 e. The van der Waals surface area contributed by atoms with Crippen LogP contribution in [-0.2, 0) is 13.5 Å². The normalized spacial score (nSPS) is 16.6. The molecule has 1 unspecified atom stereocenters. The SMILES string of the molecule is COc1cccc2c1CCC2Nc1cnn(C)c(=O)c1Br. The molecule has 3 rings (SSSR count). The molecule has 1 aromatic heterocycles. The minimum Gasteiger partial charge on any atom is -0.496 e. The lowest BCUT2D eigenvalue weighted by Gasteiger charge is -2.17. The molecule has 1 aromatic carbocycles. The number of aryl methyl sites for hydroxylation is 1. The second-order valence-electron chi connectivity index (χ2n) is 5.06. The Bertz CT molecular complexity index is 742. The van der Waals surface area contributed by atoms with E-state index in [1.54, 1.807) is 20.4 Å². The van der Waals surface area contributed by atoms with Crippen molar-refractivity contribution in [2.75, 3.05) is 12.4 Å². The van der Waals surface area contributed by atoms with Gasteiger partial charge in [-0.05, 0) is 46.0 Å². The number of rotatable bonds is 3. The van der Waals surface area contributed by atoms with Crippen molar-refractivity contribution in [2.45, 2.75) is 18.9 Å². The molecule has 0 saturated heterocycles. The van der Waals surface area contributed by atoms with Crippen molar-refractivity contribution < 1.29 is 4.74 Å². The molecule has 0 amide bonds. The summed E-state index contributed by atoms with van der Waals surface area (Å²) in [7, 11) is 3.32. The van der Waals surface area contributed by atoms with Crippen LogP contribution in [0.3, 0.4) is 0 Å². The minimum atomic E-state index is -0.149. The van der Waals surface area contributed by atoms with Crippen molar-refractivity contribution in [1.82, 2.24) is 9.78 Å². The van der Waals surface area contributed by atoms with E-state index in [1.165, 1.54) is 15.8 Å². The molecular formula is C15H16BrN3O2. The third-order valence-corrected chi connectivity index (χ3v) is 4.62. The number of anilines is 1. The molecule has 1 heterocycles. The number of fused-ring (bicyclic) bond motifs is 1. The Kier molecular flexibility index (Phi) is 3.71. The van der Waals surface area contributed by atoms with E-state index in [1.807, 2.05) is 12.1 Å². The maximum Gasteiger partial charge on any atom is 0.282 e. The molecule has 21 heavy (non-hydrogen) atoms. The van der Waals surface area contributed by atoms with E-state index in [4.69, 9.17) is 4.74 Å². The van der Waals surface area contributed by atoms with Crippen LogP contribution in [-0.4, -0.2) is 16.9 Å². The summed E-state index contributed by atoms with van der Waals surface area (Å²) < 4.78 is 7.23. The van der Waals surface area contributed by atoms with Crippen molar-refractivity contribution in [2.24, 2.45) is 7.05 Å². The first kappa shape index (κ1) is 14.1. The molecule has 0 fully saturated rings. The molecule has 1 aliphatic rings. The molecule has 1 atom stereocenters. The Labute approximate surface area is 131 Å². The Morgan fingerprint density at radius 1 is 1.48 bits per heavy atom. The van der Waals surface area contributed by atoms with Crippen LogP contribution in [0.15, 0.2) is 33.7 Å². The highest BCUT2D eigenvalue weighted by Gasteiger charge is 2.25. The van der Waals surface area contributed by atoms with E-state index >= 15 is 0 Å². The van der Waals surface area contributed by atoms with Gasteiger partial charge < -0.3 is 10.1 Å². The average Bonchev–Trinajstić information content (AvgIpc) is 2.91. The number of aromatic nitrogens is 2. The largest absolute Gasteiger partial charge is 0.496 e. The summed E-state index contributed by atoms with van der Waals surface area (Å²) in [5.41, 5.74) is 3.04. The van der Waals surface area contributed by atoms with Crippen molar-refractivity contribution in [3.05, 3.63) is 50.3 Å². The molecule has 1 aliphatic carbocycles. The third kappa shape index (κ3) is 2.44. The highest BCUT2D eigenvalue weighted by atomic mass is 79.9. The van der Waals surface area contributed by atoms with Crippen LogP contribution < -0.4 is 15.6 Å². The highest BCUT2D eigenvalue weighted by Crippen LogP contribution is 2.39. The van der Waals surface area contributed by atoms with Crippen LogP contribution in [0.1, 0.15) is 23.6 Å². The van der Waals surface area contributed by atoms with Crippen molar-refractivity contribution in [3.8, 4) is 5.75 Å². The van der Waals surface area contributed by atoms with Crippen molar-refractivity contribution >= 4 is 21.6 Å². The fourth-order valence-corrected chi connectivity index (χ4v) is 3.23. The zero-order valence-corrected chi connectivity index (χ0v) is 13.5. The molecule has 6 heteroatoms. The van der Waals surface area contributed by atoms with Crippen LogP contribution in [0.25, 0.3) is 0 Å². The first-order valence-electron chi connectivity index (χ1n) is 6.76. The monoisotopic (exact) mass is 349 g/mol. The zero-order valence-electron chi connectivity index (χ0n) is 11.9. The lowest BCUT2D eigenvalue weighted by atomic mass is 10.1. The molecule has 5 nitrogen and oxygen atoms in total. The maximum absolute atomic E-state index is 11.9. The van der Waals surface area contributed by atoms with Gasteiger partial charge in [0.2, 0.25) is 0 Å². The van der Waals surface area contributed by atoms with E-state index in [9.17, 15) is 4.79 Å². The number of methoxy groups -OCH3 is 1. The molecule has 1 N–H and O–H groups in total. The van der Waals surface area contributed by atoms with Crippen molar-refractivity contribution in [3.63, 3.8) is 0 Å². The van der Waals surface area contributed by atoms with Gasteiger partial charge in [0, 0.05) is 7.05 Å². The van der Waals surface area contributed by atoms with Crippen LogP contribution >= 0.6 is 15.9 Å². The summed E-state index contributed by atoms with van der Waals surface area (Å²) in [6.07, 6.45) is 3.61. The van der Waals surface area contributed by atoms with Crippen LogP contribution in [0, 0.1) is 0 Å². The fourth-order valence-electron chi connectivity index (χ4n) is 2.76. The number of halogens is 1. The summed E-state index contributed by atoms with van der Waals surface area (Å²) in [4.78, 5) is 11.9. The van der Waals surface area contributed by atoms with Crippen LogP contribution in [0.4, 0.5) is 5.69 Å². The number of hydrogen-bond acceptors (Lipinski definition) is 4. The van der Waals surface area contributed by atoms with Gasteiger partial charge in [-0.3, -0.25) is 4.79 Å². The van der Waals surface area contributed by atoms with E-state index in [-0.39, 0.29) is 11.6 Å². The Morgan fingerprint density at radius 3 is 3.05 bits per heavy atom. The van der Waals surface area contributed by atoms with Gasteiger partial charge >= 0.3 is 0 Å². The molecule has 2 aromatic rings. The summed E-state index contributed by atoms with van der Waals surface area (Å²) in [6, 6.07) is 6.25. The van der Waals surface area contributed by atoms with E-state index in [2.05, 4.69) is 32.4 Å². The number of nitrogens with zero attached hydrogens (tertiary/aromatic N) is 2. The lowest BCUT2D eigenvalue weighted by molar-refractivity contribution is 0.410. The molecule has 0 spiro atoms. The fraction of sp³-hybridized carbons (Fsp3) is 0.333. The van der Waals surface area contributed by atoms with Gasteiger partial charge in [-0.1, -0.05) is 12.1 Å². The van der Waals surface area contributed by atoms with Crippen LogP contribution in [0.2, 0.25) is 0 Å². The first-order valence-corrected chi connectivity index (χ1v) is 7.55. The van der Waals surface area contributed by atoms with E-state index < -0.39 is 0 Å². The number of nitrogens with one attached hydrogen (secondary N) is 1. The highest BCUT2D eigenvalue weighted by molar-refractivity contribution is 9.10. The summed E-state index contributed by atoms with van der Waals surface area (Å²) in [5, 5.41) is 7.46. The lowest BCUT2D eigenvalue weighted by Crippen LogP contribution is -2.22. The average molecular weight is 350 g/mol. The predicted molar refractivity (Wildman–Crippen MR) is 84.9 cm³/mol. The van der Waals surface area contributed by atoms with Gasteiger partial charge in [0.1, 0.15) is 10.2 Å². The van der Waals surface area contributed by atoms with Gasteiger partial charge in [-0.15, -0.1) is 0 Å². The van der Waals surface area contributed by atoms with E-state index in [0.29, 0.717) is 4.47 Å². The topological polar surface area (TPSA) is 56.1 Å². The number of hydrogen-bond donors (Lipinski definition) is 1. The first-order chi connectivity index (χ1) is 10.1. The Balaban J connectivity index is 1.93. The second kappa shape index (κ2) is 5.52. The predicted octanol–water partition coefficient (Wildman–Crippen LogP) is 2.65. The maximum atomic E-state index is 11.9. The van der Waals surface area contributed by atoms with Gasteiger partial charge in [-0.25, -0.2) is 4.68 Å². The van der Waals surface area contributed by atoms with Crippen LogP contribution in [0.5, 0.6) is 5.75 Å². The Hall–Kier alpha value is -1.82. The quantitative estimate of drug-likeness (QED) is 0.925. The molecule has 0 radical (unpaired) electrons. The minimum absolute atomic E-state index is 0.149. The van der Waals surface area contributed by atoms with Gasteiger partial charge in [0.15, 0.2) is 0 Å². The summed E-state index contributed by atoms with van der Waals surface area (Å²) >= 11 is 3.35. The van der Waals surface area contributed by atoms with Crippen molar-refractivity contribution in [1.29, 1.82) is 0 Å². The van der Waals surface area contributed by atoms with Gasteiger partial charge in [0.05, 0.1) is 25.0 Å². The Morgan fingerprint density at radius 2 is 2.29 bits per heavy atom. The molecule has 0 bridgehead atoms. The van der Waals surface area contributed by atoms with Gasteiger partial charge in [0.25, 0.3) is 5.56 Å². The summed E-state index contributed by atoms with van der Waals surface area (Å²) in [6.45, 7) is 0. The third-order valence-electron chi connectivity index (χ3n) is 3.86. The van der Waals surface area contributed by atoms with Gasteiger partial charge in [-0.2, -0.15) is 5.10 Å². The number of ether oxygens (including phenoxy) is 1. The van der Waals surface area contributed by atoms with E-state index in [0.717, 1.165) is 24.3 Å².